The molecule has 1 saturated heterocycles. The first-order valence-corrected chi connectivity index (χ1v) is 6.91. The molecule has 5 heteroatoms. The highest BCUT2D eigenvalue weighted by Crippen LogP contribution is 2.22. The van der Waals surface area contributed by atoms with Crippen LogP contribution < -0.4 is 5.73 Å². The second-order valence-electron chi connectivity index (χ2n) is 4.04. The highest BCUT2D eigenvalue weighted by atomic mass is 79.9. The highest BCUT2D eigenvalue weighted by molar-refractivity contribution is 9.11. The van der Waals surface area contributed by atoms with E-state index in [1.165, 1.54) is 24.4 Å². The van der Waals surface area contributed by atoms with Gasteiger partial charge < -0.3 is 5.73 Å². The summed E-state index contributed by atoms with van der Waals surface area (Å²) in [6.45, 7) is 4.12. The van der Waals surface area contributed by atoms with E-state index in [0.29, 0.717) is 5.92 Å². The molecule has 15 heavy (non-hydrogen) atoms. The Labute approximate surface area is 103 Å². The summed E-state index contributed by atoms with van der Waals surface area (Å²) >= 11 is 5.16. The first-order valence-electron chi connectivity index (χ1n) is 5.30. The molecule has 0 radical (unpaired) electrons. The summed E-state index contributed by atoms with van der Waals surface area (Å²) in [5.74, 6) is 0.683. The van der Waals surface area contributed by atoms with Crippen LogP contribution >= 0.6 is 27.3 Å². The van der Waals surface area contributed by atoms with Crippen molar-refractivity contribution in [2.45, 2.75) is 19.4 Å². The number of piperidine rings is 1. The molecule has 2 heterocycles. The van der Waals surface area contributed by atoms with Crippen molar-refractivity contribution in [1.82, 2.24) is 9.88 Å². The van der Waals surface area contributed by atoms with Crippen LogP contribution in [0.5, 0.6) is 0 Å². The van der Waals surface area contributed by atoms with Crippen LogP contribution in [0.2, 0.25) is 0 Å². The van der Waals surface area contributed by atoms with Crippen molar-refractivity contribution >= 4 is 27.3 Å². The van der Waals surface area contributed by atoms with Gasteiger partial charge in [0.1, 0.15) is 5.01 Å². The van der Waals surface area contributed by atoms with Crippen molar-refractivity contribution < 1.29 is 0 Å². The summed E-state index contributed by atoms with van der Waals surface area (Å²) in [5.41, 5.74) is 5.72. The van der Waals surface area contributed by atoms with Gasteiger partial charge in [0.25, 0.3) is 0 Å². The van der Waals surface area contributed by atoms with Crippen LogP contribution in [0, 0.1) is 5.92 Å². The normalized spacial score (nSPS) is 23.2. The molecule has 0 aliphatic carbocycles. The van der Waals surface area contributed by atoms with E-state index in [-0.39, 0.29) is 0 Å². The molecule has 1 aromatic rings. The fourth-order valence-corrected chi connectivity index (χ4v) is 3.39. The Morgan fingerprint density at radius 1 is 1.67 bits per heavy atom. The van der Waals surface area contributed by atoms with Gasteiger partial charge in [-0.3, -0.25) is 4.90 Å². The molecule has 1 aliphatic heterocycles. The molecule has 1 fully saturated rings. The Kier molecular flexibility index (Phi) is 4.13. The number of nitrogens with zero attached hydrogens (tertiary/aromatic N) is 2. The number of halogens is 1. The maximum absolute atomic E-state index is 5.72. The molecule has 1 aromatic heterocycles. The zero-order valence-electron chi connectivity index (χ0n) is 8.66. The van der Waals surface area contributed by atoms with E-state index in [2.05, 4.69) is 25.8 Å². The van der Waals surface area contributed by atoms with E-state index in [4.69, 9.17) is 5.73 Å². The average Bonchev–Trinajstić information content (AvgIpc) is 2.64. The molecule has 2 N–H and O–H groups in total. The molecule has 1 aliphatic rings. The second-order valence-corrected chi connectivity index (χ2v) is 6.53. The van der Waals surface area contributed by atoms with Gasteiger partial charge in [0.05, 0.1) is 16.5 Å². The predicted molar refractivity (Wildman–Crippen MR) is 66.9 cm³/mol. The van der Waals surface area contributed by atoms with Crippen molar-refractivity contribution in [1.29, 1.82) is 0 Å². The van der Waals surface area contributed by atoms with Crippen LogP contribution in [0.15, 0.2) is 9.98 Å². The first kappa shape index (κ1) is 11.5. The van der Waals surface area contributed by atoms with Crippen LogP contribution in [0.3, 0.4) is 0 Å². The molecule has 1 unspecified atom stereocenters. The van der Waals surface area contributed by atoms with Gasteiger partial charge in [0.15, 0.2) is 0 Å². The van der Waals surface area contributed by atoms with Gasteiger partial charge in [-0.25, -0.2) is 4.98 Å². The molecule has 0 spiro atoms. The Morgan fingerprint density at radius 3 is 3.20 bits per heavy atom. The van der Waals surface area contributed by atoms with Crippen LogP contribution in [0.4, 0.5) is 0 Å². The van der Waals surface area contributed by atoms with E-state index in [1.54, 1.807) is 11.3 Å². The van der Waals surface area contributed by atoms with E-state index in [0.717, 1.165) is 23.4 Å². The molecule has 0 saturated carbocycles. The molecule has 0 bridgehead atoms. The van der Waals surface area contributed by atoms with Crippen molar-refractivity contribution in [2.24, 2.45) is 11.7 Å². The van der Waals surface area contributed by atoms with Gasteiger partial charge >= 0.3 is 0 Å². The molecule has 3 nitrogen and oxygen atoms in total. The maximum Gasteiger partial charge on any atom is 0.108 e. The van der Waals surface area contributed by atoms with Gasteiger partial charge in [0.2, 0.25) is 0 Å². The summed E-state index contributed by atoms with van der Waals surface area (Å²) < 4.78 is 1.12. The van der Waals surface area contributed by atoms with Crippen LogP contribution in [-0.4, -0.2) is 29.5 Å². The number of likely N-dealkylation sites (tertiary alicyclic amines) is 1. The van der Waals surface area contributed by atoms with Crippen molar-refractivity contribution in [3.63, 3.8) is 0 Å². The molecular formula is C10H16BrN3S. The van der Waals surface area contributed by atoms with Crippen molar-refractivity contribution in [3.05, 3.63) is 15.0 Å². The third kappa shape index (κ3) is 3.24. The predicted octanol–water partition coefficient (Wildman–Crippen LogP) is 2.08. The van der Waals surface area contributed by atoms with Crippen molar-refractivity contribution in [3.8, 4) is 0 Å². The lowest BCUT2D eigenvalue weighted by molar-refractivity contribution is 0.171. The van der Waals surface area contributed by atoms with E-state index < -0.39 is 0 Å². The zero-order chi connectivity index (χ0) is 10.7. The Hall–Kier alpha value is 0.0300. The monoisotopic (exact) mass is 289 g/mol. The van der Waals surface area contributed by atoms with Crippen LogP contribution in [0.25, 0.3) is 0 Å². The van der Waals surface area contributed by atoms with Gasteiger partial charge in [-0.05, 0) is 47.8 Å². The topological polar surface area (TPSA) is 42.1 Å². The fraction of sp³-hybridized carbons (Fsp3) is 0.700. The lowest BCUT2D eigenvalue weighted by atomic mass is 9.98. The second kappa shape index (κ2) is 5.39. The lowest BCUT2D eigenvalue weighted by Gasteiger charge is -2.31. The van der Waals surface area contributed by atoms with Gasteiger partial charge in [-0.15, -0.1) is 11.3 Å². The summed E-state index contributed by atoms with van der Waals surface area (Å²) in [6.07, 6.45) is 4.44. The Balaban J connectivity index is 1.88. The summed E-state index contributed by atoms with van der Waals surface area (Å²) in [5, 5.41) is 1.19. The number of nitrogens with two attached hydrogens (primary N) is 1. The molecule has 0 amide bonds. The quantitative estimate of drug-likeness (QED) is 0.926. The molecule has 2 rings (SSSR count). The molecule has 84 valence electrons. The summed E-state index contributed by atoms with van der Waals surface area (Å²) in [6, 6.07) is 0. The maximum atomic E-state index is 5.72. The standard InChI is InChI=1S/C10H16BrN3S/c11-9-5-13-10(15-9)7-14-3-1-2-8(4-12)6-14/h5,8H,1-4,6-7,12H2. The largest absolute Gasteiger partial charge is 0.330 e. The minimum absolute atomic E-state index is 0.683. The van der Waals surface area contributed by atoms with E-state index in [9.17, 15) is 0 Å². The van der Waals surface area contributed by atoms with Crippen molar-refractivity contribution in [2.75, 3.05) is 19.6 Å². The minimum atomic E-state index is 0.683. The summed E-state index contributed by atoms with van der Waals surface area (Å²) in [7, 11) is 0. The smallest absolute Gasteiger partial charge is 0.108 e. The number of aromatic nitrogens is 1. The fourth-order valence-electron chi connectivity index (χ4n) is 2.04. The number of rotatable bonds is 3. The molecule has 1 atom stereocenters. The third-order valence-electron chi connectivity index (χ3n) is 2.82. The number of hydrogen-bond acceptors (Lipinski definition) is 4. The Bertz CT molecular complexity index is 315. The highest BCUT2D eigenvalue weighted by Gasteiger charge is 2.19. The first-order chi connectivity index (χ1) is 7.28. The molecular weight excluding hydrogens is 274 g/mol. The van der Waals surface area contributed by atoms with Gasteiger partial charge in [0, 0.05) is 6.54 Å². The van der Waals surface area contributed by atoms with E-state index >= 15 is 0 Å². The summed E-state index contributed by atoms with van der Waals surface area (Å²) in [4.78, 5) is 6.82. The average molecular weight is 290 g/mol. The third-order valence-corrected chi connectivity index (χ3v) is 4.28. The molecule has 0 aromatic carbocycles. The van der Waals surface area contributed by atoms with Crippen LogP contribution in [-0.2, 0) is 6.54 Å². The zero-order valence-corrected chi connectivity index (χ0v) is 11.1. The van der Waals surface area contributed by atoms with Gasteiger partial charge in [-0.1, -0.05) is 0 Å². The number of thiazole rings is 1. The SMILES string of the molecule is NCC1CCCN(Cc2ncc(Br)s2)C1. The number of hydrogen-bond donors (Lipinski definition) is 1. The Morgan fingerprint density at radius 2 is 2.53 bits per heavy atom. The van der Waals surface area contributed by atoms with Gasteiger partial charge in [-0.2, -0.15) is 0 Å². The lowest BCUT2D eigenvalue weighted by Crippen LogP contribution is -2.37. The van der Waals surface area contributed by atoms with Crippen LogP contribution in [0.1, 0.15) is 17.8 Å². The minimum Gasteiger partial charge on any atom is -0.330 e. The van der Waals surface area contributed by atoms with E-state index in [1.807, 2.05) is 6.20 Å².